The van der Waals surface area contributed by atoms with E-state index in [9.17, 15) is 9.59 Å². The van der Waals surface area contributed by atoms with Gasteiger partial charge in [0.05, 0.1) is 0 Å². The van der Waals surface area contributed by atoms with E-state index in [1.54, 1.807) is 6.07 Å². The highest BCUT2D eigenvalue weighted by Crippen LogP contribution is 2.32. The molecule has 0 atom stereocenters. The van der Waals surface area contributed by atoms with Crippen molar-refractivity contribution >= 4 is 11.7 Å². The molecule has 17 heavy (non-hydrogen) atoms. The van der Waals surface area contributed by atoms with Crippen molar-refractivity contribution in [2.45, 2.75) is 38.5 Å². The van der Waals surface area contributed by atoms with Gasteiger partial charge >= 0.3 is 0 Å². The zero-order valence-corrected chi connectivity index (χ0v) is 9.90. The number of primary amides is 1. The average Bonchev–Trinajstić information content (AvgIpc) is 2.30. The largest absolute Gasteiger partial charge is 0.364 e. The topological polar surface area (TPSA) is 73.0 Å². The lowest BCUT2D eigenvalue weighted by Crippen LogP contribution is -2.17. The van der Waals surface area contributed by atoms with Gasteiger partial charge in [-0.2, -0.15) is 0 Å². The van der Waals surface area contributed by atoms with Gasteiger partial charge in [-0.1, -0.05) is 6.07 Å². The van der Waals surface area contributed by atoms with Crippen molar-refractivity contribution in [3.63, 3.8) is 0 Å². The van der Waals surface area contributed by atoms with Gasteiger partial charge in [0.1, 0.15) is 11.5 Å². The van der Waals surface area contributed by atoms with Crippen molar-refractivity contribution in [2.24, 2.45) is 5.73 Å². The summed E-state index contributed by atoms with van der Waals surface area (Å²) in [5, 5.41) is 0. The monoisotopic (exact) mass is 232 g/mol. The number of hydrogen-bond donors (Lipinski definition) is 1. The predicted octanol–water partition coefficient (Wildman–Crippen LogP) is 1.72. The SMILES string of the molecule is Cc1nc(C(N)=O)ccc1C1CCC(=O)CC1. The smallest absolute Gasteiger partial charge is 0.267 e. The number of carbonyl (C=O) groups excluding carboxylic acids is 2. The van der Waals surface area contributed by atoms with Crippen LogP contribution >= 0.6 is 0 Å². The zero-order valence-electron chi connectivity index (χ0n) is 9.90. The van der Waals surface area contributed by atoms with Crippen molar-refractivity contribution in [2.75, 3.05) is 0 Å². The maximum atomic E-state index is 11.2. The normalized spacial score (nSPS) is 17.1. The summed E-state index contributed by atoms with van der Waals surface area (Å²) < 4.78 is 0. The number of hydrogen-bond acceptors (Lipinski definition) is 3. The number of nitrogens with zero attached hydrogens (tertiary/aromatic N) is 1. The second kappa shape index (κ2) is 4.65. The van der Waals surface area contributed by atoms with E-state index in [-0.39, 0.29) is 0 Å². The number of aryl methyl sites for hydroxylation is 1. The summed E-state index contributed by atoms with van der Waals surface area (Å²) >= 11 is 0. The second-order valence-electron chi connectivity index (χ2n) is 4.55. The first-order chi connectivity index (χ1) is 8.08. The van der Waals surface area contributed by atoms with Gasteiger partial charge in [-0.3, -0.25) is 9.59 Å². The van der Waals surface area contributed by atoms with E-state index >= 15 is 0 Å². The fourth-order valence-electron chi connectivity index (χ4n) is 2.39. The Bertz CT molecular complexity index is 458. The Morgan fingerprint density at radius 3 is 2.53 bits per heavy atom. The number of aromatic nitrogens is 1. The highest BCUT2D eigenvalue weighted by Gasteiger charge is 2.22. The third-order valence-electron chi connectivity index (χ3n) is 3.36. The Labute approximate surface area is 100 Å². The lowest BCUT2D eigenvalue weighted by molar-refractivity contribution is -0.120. The van der Waals surface area contributed by atoms with Crippen LogP contribution in [0.25, 0.3) is 0 Å². The van der Waals surface area contributed by atoms with E-state index < -0.39 is 5.91 Å². The first-order valence-corrected chi connectivity index (χ1v) is 5.87. The molecule has 0 saturated heterocycles. The molecule has 1 aromatic heterocycles. The third-order valence-corrected chi connectivity index (χ3v) is 3.36. The van der Waals surface area contributed by atoms with Crippen molar-refractivity contribution in [3.05, 3.63) is 29.1 Å². The molecule has 1 fully saturated rings. The molecule has 0 aromatic carbocycles. The van der Waals surface area contributed by atoms with E-state index in [2.05, 4.69) is 4.98 Å². The Hall–Kier alpha value is -1.71. The van der Waals surface area contributed by atoms with Gasteiger partial charge in [0, 0.05) is 18.5 Å². The highest BCUT2D eigenvalue weighted by molar-refractivity contribution is 5.90. The van der Waals surface area contributed by atoms with Gasteiger partial charge in [0.2, 0.25) is 0 Å². The van der Waals surface area contributed by atoms with Gasteiger partial charge in [0.15, 0.2) is 0 Å². The van der Waals surface area contributed by atoms with Crippen molar-refractivity contribution in [1.82, 2.24) is 4.98 Å². The summed E-state index contributed by atoms with van der Waals surface area (Å²) in [6.45, 7) is 1.89. The molecule has 0 bridgehead atoms. The minimum Gasteiger partial charge on any atom is -0.364 e. The summed E-state index contributed by atoms with van der Waals surface area (Å²) in [5.41, 5.74) is 7.48. The van der Waals surface area contributed by atoms with Gasteiger partial charge in [-0.05, 0) is 37.3 Å². The molecular formula is C13H16N2O2. The van der Waals surface area contributed by atoms with Crippen LogP contribution in [0.15, 0.2) is 12.1 Å². The zero-order chi connectivity index (χ0) is 12.4. The molecule has 0 radical (unpaired) electrons. The molecule has 0 aliphatic heterocycles. The van der Waals surface area contributed by atoms with E-state index in [0.717, 1.165) is 24.1 Å². The van der Waals surface area contributed by atoms with Crippen molar-refractivity contribution in [1.29, 1.82) is 0 Å². The average molecular weight is 232 g/mol. The van der Waals surface area contributed by atoms with E-state index in [1.807, 2.05) is 13.0 Å². The highest BCUT2D eigenvalue weighted by atomic mass is 16.1. The number of rotatable bonds is 2. The molecule has 1 heterocycles. The van der Waals surface area contributed by atoms with Crippen LogP contribution in [0.1, 0.15) is 53.3 Å². The van der Waals surface area contributed by atoms with E-state index in [4.69, 9.17) is 5.73 Å². The molecule has 0 spiro atoms. The van der Waals surface area contributed by atoms with Crippen LogP contribution in [0.2, 0.25) is 0 Å². The predicted molar refractivity (Wildman–Crippen MR) is 63.7 cm³/mol. The molecular weight excluding hydrogens is 216 g/mol. The van der Waals surface area contributed by atoms with Crippen LogP contribution in [0.3, 0.4) is 0 Å². The van der Waals surface area contributed by atoms with E-state index in [0.29, 0.717) is 30.2 Å². The van der Waals surface area contributed by atoms with Gasteiger partial charge in [0.25, 0.3) is 5.91 Å². The number of carbonyl (C=O) groups is 2. The van der Waals surface area contributed by atoms with Crippen LogP contribution in [-0.4, -0.2) is 16.7 Å². The molecule has 1 aromatic rings. The molecule has 1 aliphatic rings. The van der Waals surface area contributed by atoms with Crippen LogP contribution in [-0.2, 0) is 4.79 Å². The quantitative estimate of drug-likeness (QED) is 0.843. The van der Waals surface area contributed by atoms with Crippen molar-refractivity contribution < 1.29 is 9.59 Å². The third kappa shape index (κ3) is 2.52. The summed E-state index contributed by atoms with van der Waals surface area (Å²) in [6.07, 6.45) is 3.08. The van der Waals surface area contributed by atoms with Crippen LogP contribution in [0.4, 0.5) is 0 Å². The Morgan fingerprint density at radius 1 is 1.35 bits per heavy atom. The number of ketones is 1. The summed E-state index contributed by atoms with van der Waals surface area (Å²) in [4.78, 5) is 26.4. The number of Topliss-reactive ketones (excluding diaryl/α,β-unsaturated/α-hetero) is 1. The van der Waals surface area contributed by atoms with Gasteiger partial charge in [-0.25, -0.2) is 4.98 Å². The van der Waals surface area contributed by atoms with Crippen LogP contribution < -0.4 is 5.73 Å². The summed E-state index contributed by atoms with van der Waals surface area (Å²) in [5.74, 6) is 0.237. The summed E-state index contributed by atoms with van der Waals surface area (Å²) in [6, 6.07) is 3.59. The number of nitrogens with two attached hydrogens (primary N) is 1. The van der Waals surface area contributed by atoms with Gasteiger partial charge in [-0.15, -0.1) is 0 Å². The standard InChI is InChI=1S/C13H16N2O2/c1-8-11(6-7-12(15-8)13(14)17)9-2-4-10(16)5-3-9/h6-7,9H,2-5H2,1H3,(H2,14,17). The Balaban J connectivity index is 2.21. The first kappa shape index (κ1) is 11.8. The lowest BCUT2D eigenvalue weighted by Gasteiger charge is -2.22. The van der Waals surface area contributed by atoms with Crippen LogP contribution in [0.5, 0.6) is 0 Å². The number of pyridine rings is 1. The molecule has 2 N–H and O–H groups in total. The van der Waals surface area contributed by atoms with E-state index in [1.165, 1.54) is 0 Å². The fourth-order valence-corrected chi connectivity index (χ4v) is 2.39. The lowest BCUT2D eigenvalue weighted by atomic mass is 9.83. The maximum absolute atomic E-state index is 11.2. The minimum absolute atomic E-state index is 0.304. The Morgan fingerprint density at radius 2 is 2.00 bits per heavy atom. The maximum Gasteiger partial charge on any atom is 0.267 e. The molecule has 4 heteroatoms. The fraction of sp³-hybridized carbons (Fsp3) is 0.462. The second-order valence-corrected chi connectivity index (χ2v) is 4.55. The molecule has 2 rings (SSSR count). The molecule has 0 unspecified atom stereocenters. The minimum atomic E-state index is -0.501. The summed E-state index contributed by atoms with van der Waals surface area (Å²) in [7, 11) is 0. The molecule has 1 amide bonds. The van der Waals surface area contributed by atoms with Crippen LogP contribution in [0, 0.1) is 6.92 Å². The number of amides is 1. The molecule has 1 aliphatic carbocycles. The Kier molecular flexibility index (Phi) is 3.22. The molecule has 1 saturated carbocycles. The van der Waals surface area contributed by atoms with Crippen molar-refractivity contribution in [3.8, 4) is 0 Å². The van der Waals surface area contributed by atoms with Gasteiger partial charge < -0.3 is 5.73 Å². The molecule has 90 valence electrons. The molecule has 4 nitrogen and oxygen atoms in total. The first-order valence-electron chi connectivity index (χ1n) is 5.87.